The molecule has 0 radical (unpaired) electrons. The van der Waals surface area contributed by atoms with Crippen LogP contribution in [0.25, 0.3) is 0 Å². The van der Waals surface area contributed by atoms with Gasteiger partial charge < -0.3 is 22.1 Å². The molecule has 1 aliphatic rings. The number of piperidine rings is 1. The van der Waals surface area contributed by atoms with Crippen molar-refractivity contribution in [2.45, 2.75) is 19.8 Å². The topological polar surface area (TPSA) is 123 Å². The quantitative estimate of drug-likeness (QED) is 0.551. The second-order valence-corrected chi connectivity index (χ2v) is 5.50. The van der Waals surface area contributed by atoms with Gasteiger partial charge in [-0.3, -0.25) is 4.79 Å². The molecule has 0 unspecified atom stereocenters. The number of rotatable bonds is 2. The van der Waals surface area contributed by atoms with E-state index >= 15 is 0 Å². The molecule has 7 nitrogen and oxygen atoms in total. The smallest absolute Gasteiger partial charge is 0.256 e. The molecule has 1 saturated heterocycles. The van der Waals surface area contributed by atoms with Gasteiger partial charge in [0.1, 0.15) is 0 Å². The fraction of sp³-hybridized carbons (Fsp3) is 0.400. The Bertz CT molecular complexity index is 598. The Balaban J connectivity index is 2.24. The first-order valence-corrected chi connectivity index (χ1v) is 7.29. The molecule has 1 aliphatic heterocycles. The van der Waals surface area contributed by atoms with Gasteiger partial charge in [0.2, 0.25) is 5.96 Å². The second kappa shape index (κ2) is 6.93. The number of carbonyl (C=O) groups excluding carboxylic acids is 1. The van der Waals surface area contributed by atoms with Crippen molar-refractivity contribution in [1.29, 1.82) is 0 Å². The molecule has 0 atom stereocenters. The summed E-state index contributed by atoms with van der Waals surface area (Å²) >= 11 is 0. The van der Waals surface area contributed by atoms with Crippen molar-refractivity contribution in [1.82, 2.24) is 4.90 Å². The molecule has 6 N–H and O–H groups in total. The SMILES string of the molecule is CC1CCN(C(=O)c2ccccc2N=C(N)N=C(N)N)CC1. The molecule has 2 rings (SSSR count). The molecule has 1 amide bonds. The van der Waals surface area contributed by atoms with Crippen LogP contribution in [0.1, 0.15) is 30.1 Å². The van der Waals surface area contributed by atoms with Crippen molar-refractivity contribution in [3.8, 4) is 0 Å². The van der Waals surface area contributed by atoms with Crippen molar-refractivity contribution < 1.29 is 4.79 Å². The zero-order valence-corrected chi connectivity index (χ0v) is 12.7. The van der Waals surface area contributed by atoms with Gasteiger partial charge >= 0.3 is 0 Å². The van der Waals surface area contributed by atoms with Gasteiger partial charge in [-0.25, -0.2) is 4.99 Å². The summed E-state index contributed by atoms with van der Waals surface area (Å²) in [6.45, 7) is 3.73. The molecule has 0 spiro atoms. The van der Waals surface area contributed by atoms with Crippen molar-refractivity contribution in [3.63, 3.8) is 0 Å². The van der Waals surface area contributed by atoms with Crippen molar-refractivity contribution >= 4 is 23.5 Å². The number of likely N-dealkylation sites (tertiary alicyclic amines) is 1. The fourth-order valence-electron chi connectivity index (χ4n) is 2.41. The number of nitrogens with zero attached hydrogens (tertiary/aromatic N) is 3. The van der Waals surface area contributed by atoms with E-state index in [-0.39, 0.29) is 17.8 Å². The Kier molecular flexibility index (Phi) is 4.98. The van der Waals surface area contributed by atoms with Crippen LogP contribution in [0.2, 0.25) is 0 Å². The number of amides is 1. The predicted octanol–water partition coefficient (Wildman–Crippen LogP) is 0.778. The monoisotopic (exact) mass is 302 g/mol. The van der Waals surface area contributed by atoms with E-state index in [1.165, 1.54) is 0 Å². The average molecular weight is 302 g/mol. The lowest BCUT2D eigenvalue weighted by molar-refractivity contribution is 0.0698. The van der Waals surface area contributed by atoms with Gasteiger partial charge in [-0.15, -0.1) is 0 Å². The Morgan fingerprint density at radius 3 is 2.45 bits per heavy atom. The van der Waals surface area contributed by atoms with E-state index in [9.17, 15) is 4.79 Å². The van der Waals surface area contributed by atoms with Crippen LogP contribution in [-0.2, 0) is 0 Å². The molecule has 22 heavy (non-hydrogen) atoms. The number of nitrogens with two attached hydrogens (primary N) is 3. The van der Waals surface area contributed by atoms with Gasteiger partial charge in [-0.05, 0) is 30.9 Å². The van der Waals surface area contributed by atoms with Crippen LogP contribution in [0, 0.1) is 5.92 Å². The lowest BCUT2D eigenvalue weighted by Gasteiger charge is -2.30. The fourth-order valence-corrected chi connectivity index (χ4v) is 2.41. The van der Waals surface area contributed by atoms with Crippen LogP contribution in [0.3, 0.4) is 0 Å². The summed E-state index contributed by atoms with van der Waals surface area (Å²) in [5.74, 6) is 0.376. The minimum atomic E-state index is -0.171. The largest absolute Gasteiger partial charge is 0.370 e. The molecule has 0 saturated carbocycles. The van der Waals surface area contributed by atoms with Gasteiger partial charge in [0.05, 0.1) is 11.3 Å². The summed E-state index contributed by atoms with van der Waals surface area (Å²) < 4.78 is 0. The number of aliphatic imine (C=N–C) groups is 2. The normalized spacial score (nSPS) is 16.4. The second-order valence-electron chi connectivity index (χ2n) is 5.50. The van der Waals surface area contributed by atoms with Gasteiger partial charge in [-0.1, -0.05) is 19.1 Å². The minimum Gasteiger partial charge on any atom is -0.370 e. The van der Waals surface area contributed by atoms with Crippen LogP contribution >= 0.6 is 0 Å². The van der Waals surface area contributed by atoms with Crippen LogP contribution in [0.15, 0.2) is 34.3 Å². The first-order valence-electron chi connectivity index (χ1n) is 7.29. The number of para-hydroxylation sites is 1. The predicted molar refractivity (Wildman–Crippen MR) is 87.8 cm³/mol. The highest BCUT2D eigenvalue weighted by Crippen LogP contribution is 2.23. The molecular weight excluding hydrogens is 280 g/mol. The summed E-state index contributed by atoms with van der Waals surface area (Å²) in [6, 6.07) is 7.04. The van der Waals surface area contributed by atoms with Crippen LogP contribution in [0.5, 0.6) is 0 Å². The van der Waals surface area contributed by atoms with E-state index in [1.807, 2.05) is 4.90 Å². The average Bonchev–Trinajstić information content (AvgIpc) is 2.47. The summed E-state index contributed by atoms with van der Waals surface area (Å²) in [5.41, 5.74) is 17.2. The molecule has 1 fully saturated rings. The third kappa shape index (κ3) is 3.97. The number of hydrogen-bond acceptors (Lipinski definition) is 2. The summed E-state index contributed by atoms with van der Waals surface area (Å²) in [6.07, 6.45) is 2.04. The van der Waals surface area contributed by atoms with Gasteiger partial charge in [0.25, 0.3) is 5.91 Å². The summed E-state index contributed by atoms with van der Waals surface area (Å²) in [7, 11) is 0. The van der Waals surface area contributed by atoms with Gasteiger partial charge in [-0.2, -0.15) is 4.99 Å². The number of benzene rings is 1. The minimum absolute atomic E-state index is 0.0382. The Labute approximate surface area is 129 Å². The highest BCUT2D eigenvalue weighted by molar-refractivity contribution is 6.01. The third-order valence-electron chi connectivity index (χ3n) is 3.68. The lowest BCUT2D eigenvalue weighted by atomic mass is 9.98. The van der Waals surface area contributed by atoms with E-state index in [0.29, 0.717) is 17.2 Å². The Morgan fingerprint density at radius 1 is 1.18 bits per heavy atom. The molecule has 0 aromatic heterocycles. The first kappa shape index (κ1) is 15.8. The van der Waals surface area contributed by atoms with Gasteiger partial charge in [0.15, 0.2) is 5.96 Å². The maximum Gasteiger partial charge on any atom is 0.256 e. The standard InChI is InChI=1S/C15H22N6O/c1-10-6-8-21(9-7-10)13(22)11-4-2-3-5-12(11)19-15(18)20-14(16)17/h2-5,10H,6-9H2,1H3,(H6,16,17,18,19,20). The maximum absolute atomic E-state index is 12.7. The number of hydrogen-bond donors (Lipinski definition) is 3. The molecule has 1 aromatic carbocycles. The molecule has 0 aliphatic carbocycles. The lowest BCUT2D eigenvalue weighted by Crippen LogP contribution is -2.37. The molecule has 0 bridgehead atoms. The zero-order chi connectivity index (χ0) is 16.1. The highest BCUT2D eigenvalue weighted by Gasteiger charge is 2.23. The van der Waals surface area contributed by atoms with Gasteiger partial charge in [0, 0.05) is 13.1 Å². The summed E-state index contributed by atoms with van der Waals surface area (Å²) in [4.78, 5) is 22.3. The molecule has 118 valence electrons. The highest BCUT2D eigenvalue weighted by atomic mass is 16.2. The van der Waals surface area contributed by atoms with Crippen molar-refractivity contribution in [3.05, 3.63) is 29.8 Å². The van der Waals surface area contributed by atoms with E-state index in [2.05, 4.69) is 16.9 Å². The van der Waals surface area contributed by atoms with Crippen molar-refractivity contribution in [2.24, 2.45) is 33.1 Å². The van der Waals surface area contributed by atoms with Crippen LogP contribution < -0.4 is 17.2 Å². The third-order valence-corrected chi connectivity index (χ3v) is 3.68. The van der Waals surface area contributed by atoms with Crippen LogP contribution in [-0.4, -0.2) is 35.8 Å². The number of guanidine groups is 2. The van der Waals surface area contributed by atoms with Crippen LogP contribution in [0.4, 0.5) is 5.69 Å². The number of carbonyl (C=O) groups is 1. The Morgan fingerprint density at radius 2 is 1.82 bits per heavy atom. The Hall–Kier alpha value is -2.57. The first-order chi connectivity index (χ1) is 10.5. The van der Waals surface area contributed by atoms with E-state index in [4.69, 9.17) is 17.2 Å². The zero-order valence-electron chi connectivity index (χ0n) is 12.7. The van der Waals surface area contributed by atoms with E-state index < -0.39 is 0 Å². The van der Waals surface area contributed by atoms with Crippen molar-refractivity contribution in [2.75, 3.05) is 13.1 Å². The molecule has 1 heterocycles. The molecular formula is C15H22N6O. The maximum atomic E-state index is 12.7. The van der Waals surface area contributed by atoms with E-state index in [0.717, 1.165) is 25.9 Å². The van der Waals surface area contributed by atoms with E-state index in [1.54, 1.807) is 24.3 Å². The molecule has 7 heteroatoms. The summed E-state index contributed by atoms with van der Waals surface area (Å²) in [5, 5.41) is 0. The molecule has 1 aromatic rings.